The van der Waals surface area contributed by atoms with E-state index in [1.165, 1.54) is 0 Å². The van der Waals surface area contributed by atoms with Crippen LogP contribution in [0.4, 0.5) is 5.95 Å². The topological polar surface area (TPSA) is 93.4 Å². The Morgan fingerprint density at radius 2 is 2.14 bits per heavy atom. The second-order valence-electron chi connectivity index (χ2n) is 6.84. The summed E-state index contributed by atoms with van der Waals surface area (Å²) >= 11 is 5.89. The van der Waals surface area contributed by atoms with E-state index in [2.05, 4.69) is 15.0 Å². The molecule has 0 saturated heterocycles. The van der Waals surface area contributed by atoms with Crippen LogP contribution in [0, 0.1) is 0 Å². The number of methoxy groups -OCH3 is 1. The fourth-order valence-electron chi connectivity index (χ4n) is 3.87. The van der Waals surface area contributed by atoms with E-state index in [4.69, 9.17) is 16.3 Å². The number of pyridine rings is 1. The molecule has 8 nitrogen and oxygen atoms in total. The minimum absolute atomic E-state index is 0.0827. The summed E-state index contributed by atoms with van der Waals surface area (Å²) in [7, 11) is 3.53. The highest BCUT2D eigenvalue weighted by Gasteiger charge is 2.30. The molecule has 1 aliphatic rings. The van der Waals surface area contributed by atoms with E-state index in [1.807, 2.05) is 22.6 Å². The van der Waals surface area contributed by atoms with Crippen LogP contribution < -0.4 is 9.64 Å². The zero-order valence-electron chi connectivity index (χ0n) is 15.6. The number of carbonyl (C=O) groups is 1. The molecule has 0 aliphatic heterocycles. The van der Waals surface area contributed by atoms with Crippen LogP contribution in [-0.2, 0) is 24.2 Å². The Kier molecular flexibility index (Phi) is 4.80. The van der Waals surface area contributed by atoms with E-state index in [9.17, 15) is 9.90 Å². The minimum atomic E-state index is -0.871. The normalized spacial score (nSPS) is 16.0. The smallest absolute Gasteiger partial charge is 0.323 e. The van der Waals surface area contributed by atoms with E-state index >= 15 is 0 Å². The zero-order valence-corrected chi connectivity index (χ0v) is 16.3. The maximum atomic E-state index is 11.4. The molecule has 0 fully saturated rings. The van der Waals surface area contributed by atoms with Crippen molar-refractivity contribution in [1.29, 1.82) is 0 Å². The number of aliphatic carboxylic acids is 1. The highest BCUT2D eigenvalue weighted by molar-refractivity contribution is 6.30. The first-order chi connectivity index (χ1) is 13.5. The van der Waals surface area contributed by atoms with Gasteiger partial charge in [-0.25, -0.2) is 15.0 Å². The van der Waals surface area contributed by atoms with Crippen molar-refractivity contribution in [3.05, 3.63) is 40.8 Å². The van der Waals surface area contributed by atoms with Gasteiger partial charge < -0.3 is 19.3 Å². The molecule has 3 aromatic rings. The number of hydrogen-bond donors (Lipinski definition) is 1. The van der Waals surface area contributed by atoms with Crippen LogP contribution in [0.25, 0.3) is 11.0 Å². The largest absolute Gasteiger partial charge is 0.481 e. The standard InChI is InChI=1S/C19H20ClN5O3/c1-24(19-21-8-11(20)9-22-19)12-3-4-14-13(7-12)18-15(25(14)10-17(26)27)5-6-16(23-18)28-2/h5-6,8-9,12H,3-4,7,10H2,1-2H3,(H,26,27)/t12-/m0/s1. The molecule has 3 heterocycles. The van der Waals surface area contributed by atoms with Gasteiger partial charge in [-0.05, 0) is 25.3 Å². The third kappa shape index (κ3) is 3.24. The first-order valence-corrected chi connectivity index (χ1v) is 9.33. The lowest BCUT2D eigenvalue weighted by Gasteiger charge is -2.31. The van der Waals surface area contributed by atoms with Gasteiger partial charge in [0.2, 0.25) is 11.8 Å². The van der Waals surface area contributed by atoms with Gasteiger partial charge in [0, 0.05) is 30.4 Å². The van der Waals surface area contributed by atoms with Crippen molar-refractivity contribution in [2.45, 2.75) is 31.8 Å². The Labute approximate surface area is 166 Å². The predicted octanol–water partition coefficient (Wildman–Crippen LogP) is 2.57. The van der Waals surface area contributed by atoms with Gasteiger partial charge in [-0.3, -0.25) is 4.79 Å². The van der Waals surface area contributed by atoms with Crippen molar-refractivity contribution in [2.24, 2.45) is 0 Å². The van der Waals surface area contributed by atoms with E-state index < -0.39 is 5.97 Å². The molecule has 1 aliphatic carbocycles. The SMILES string of the molecule is COc1ccc2c(n1)c1c(n2CC(=O)O)CC[C@H](N(C)c2ncc(Cl)cn2)C1. The Hall–Kier alpha value is -2.87. The predicted molar refractivity (Wildman–Crippen MR) is 105 cm³/mol. The Morgan fingerprint density at radius 3 is 2.82 bits per heavy atom. The van der Waals surface area contributed by atoms with E-state index in [-0.39, 0.29) is 12.6 Å². The second-order valence-corrected chi connectivity index (χ2v) is 7.27. The van der Waals surface area contributed by atoms with Crippen LogP contribution in [-0.4, -0.2) is 50.8 Å². The molecule has 0 unspecified atom stereocenters. The molecule has 1 N–H and O–H groups in total. The molecule has 9 heteroatoms. The van der Waals surface area contributed by atoms with Crippen molar-refractivity contribution in [3.63, 3.8) is 0 Å². The molecule has 0 bridgehead atoms. The number of nitrogens with zero attached hydrogens (tertiary/aromatic N) is 5. The van der Waals surface area contributed by atoms with Crippen molar-refractivity contribution in [1.82, 2.24) is 19.5 Å². The van der Waals surface area contributed by atoms with Gasteiger partial charge in [0.05, 0.1) is 35.6 Å². The summed E-state index contributed by atoms with van der Waals surface area (Å²) in [4.78, 5) is 26.7. The Morgan fingerprint density at radius 1 is 1.39 bits per heavy atom. The molecule has 4 rings (SSSR count). The van der Waals surface area contributed by atoms with E-state index in [0.29, 0.717) is 16.9 Å². The van der Waals surface area contributed by atoms with Gasteiger partial charge in [-0.1, -0.05) is 11.6 Å². The van der Waals surface area contributed by atoms with Crippen LogP contribution >= 0.6 is 11.6 Å². The highest BCUT2D eigenvalue weighted by atomic mass is 35.5. The molecule has 0 spiro atoms. The molecular weight excluding hydrogens is 382 g/mol. The first kappa shape index (κ1) is 18.5. The number of carboxylic acid groups (broad SMARTS) is 1. The third-order valence-corrected chi connectivity index (χ3v) is 5.42. The van der Waals surface area contributed by atoms with Crippen molar-refractivity contribution < 1.29 is 14.6 Å². The molecule has 0 radical (unpaired) electrons. The molecule has 0 amide bonds. The second kappa shape index (κ2) is 7.27. The Balaban J connectivity index is 1.74. The van der Waals surface area contributed by atoms with Crippen LogP contribution in [0.5, 0.6) is 5.88 Å². The molecule has 146 valence electrons. The first-order valence-electron chi connectivity index (χ1n) is 8.95. The number of halogens is 1. The number of hydrogen-bond acceptors (Lipinski definition) is 6. The van der Waals surface area contributed by atoms with Gasteiger partial charge in [-0.15, -0.1) is 0 Å². The maximum Gasteiger partial charge on any atom is 0.323 e. The third-order valence-electron chi connectivity index (χ3n) is 5.23. The fraction of sp³-hybridized carbons (Fsp3) is 0.368. The molecule has 3 aromatic heterocycles. The number of rotatable bonds is 5. The number of likely N-dealkylation sites (N-methyl/N-ethyl adjacent to an activating group) is 1. The van der Waals surface area contributed by atoms with Crippen molar-refractivity contribution >= 4 is 34.6 Å². The van der Waals surface area contributed by atoms with Crippen LogP contribution in [0.3, 0.4) is 0 Å². The summed E-state index contributed by atoms with van der Waals surface area (Å²) in [5, 5.41) is 9.85. The van der Waals surface area contributed by atoms with Gasteiger partial charge in [0.25, 0.3) is 0 Å². The molecule has 0 saturated carbocycles. The van der Waals surface area contributed by atoms with Gasteiger partial charge in [0.1, 0.15) is 6.54 Å². The average Bonchev–Trinajstić information content (AvgIpc) is 3.00. The van der Waals surface area contributed by atoms with E-state index in [0.717, 1.165) is 41.6 Å². The number of anilines is 1. The lowest BCUT2D eigenvalue weighted by atomic mass is 9.91. The summed E-state index contributed by atoms with van der Waals surface area (Å²) in [6, 6.07) is 3.81. The minimum Gasteiger partial charge on any atom is -0.481 e. The lowest BCUT2D eigenvalue weighted by Crippen LogP contribution is -2.37. The number of ether oxygens (including phenoxy) is 1. The molecule has 28 heavy (non-hydrogen) atoms. The fourth-order valence-corrected chi connectivity index (χ4v) is 3.97. The van der Waals surface area contributed by atoms with Crippen LogP contribution in [0.2, 0.25) is 5.02 Å². The summed E-state index contributed by atoms with van der Waals surface area (Å²) < 4.78 is 7.13. The average molecular weight is 402 g/mol. The van der Waals surface area contributed by atoms with Crippen LogP contribution in [0.15, 0.2) is 24.5 Å². The quantitative estimate of drug-likeness (QED) is 0.702. The molecular formula is C19H20ClN5O3. The summed E-state index contributed by atoms with van der Waals surface area (Å²) in [5.74, 6) is 0.251. The zero-order chi connectivity index (χ0) is 19.8. The summed E-state index contributed by atoms with van der Waals surface area (Å²) in [6.45, 7) is -0.0827. The number of aromatic nitrogens is 4. The summed E-state index contributed by atoms with van der Waals surface area (Å²) in [5.41, 5.74) is 3.71. The maximum absolute atomic E-state index is 11.4. The number of fused-ring (bicyclic) bond motifs is 3. The van der Waals surface area contributed by atoms with Crippen molar-refractivity contribution in [2.75, 3.05) is 19.1 Å². The van der Waals surface area contributed by atoms with Crippen molar-refractivity contribution in [3.8, 4) is 5.88 Å². The van der Waals surface area contributed by atoms with Gasteiger partial charge in [0.15, 0.2) is 0 Å². The van der Waals surface area contributed by atoms with Gasteiger partial charge in [-0.2, -0.15) is 0 Å². The molecule has 1 atom stereocenters. The highest BCUT2D eigenvalue weighted by Crippen LogP contribution is 2.34. The summed E-state index contributed by atoms with van der Waals surface area (Å²) in [6.07, 6.45) is 5.51. The Bertz CT molecular complexity index is 1030. The monoisotopic (exact) mass is 401 g/mol. The van der Waals surface area contributed by atoms with Gasteiger partial charge >= 0.3 is 5.97 Å². The molecule has 0 aromatic carbocycles. The van der Waals surface area contributed by atoms with Crippen LogP contribution in [0.1, 0.15) is 17.7 Å². The van der Waals surface area contributed by atoms with E-state index in [1.54, 1.807) is 25.6 Å². The number of carboxylic acids is 1. The lowest BCUT2D eigenvalue weighted by molar-refractivity contribution is -0.137.